The Hall–Kier alpha value is -1.92. The van der Waals surface area contributed by atoms with Gasteiger partial charge in [0.2, 0.25) is 5.91 Å². The number of morpholine rings is 1. The van der Waals surface area contributed by atoms with Crippen molar-refractivity contribution < 1.29 is 24.2 Å². The second-order valence-electron chi connectivity index (χ2n) is 6.51. The maximum absolute atomic E-state index is 13.4. The summed E-state index contributed by atoms with van der Waals surface area (Å²) in [6.45, 7) is 3.86. The summed E-state index contributed by atoms with van der Waals surface area (Å²) in [4.78, 5) is 26.2. The Bertz CT molecular complexity index is 606. The number of aliphatic carboxylic acids is 1. The molecular formula is C18H23NO5. The smallest absolute Gasteiger partial charge is 0.334 e. The van der Waals surface area contributed by atoms with Crippen LogP contribution in [0.25, 0.3) is 0 Å². The molecule has 2 saturated heterocycles. The normalized spacial score (nSPS) is 23.7. The van der Waals surface area contributed by atoms with Crippen molar-refractivity contribution in [3.05, 3.63) is 35.4 Å². The van der Waals surface area contributed by atoms with E-state index < -0.39 is 17.5 Å². The summed E-state index contributed by atoms with van der Waals surface area (Å²) >= 11 is 0. The molecule has 3 rings (SSSR count). The summed E-state index contributed by atoms with van der Waals surface area (Å²) in [5.41, 5.74) is 1.50. The van der Waals surface area contributed by atoms with Gasteiger partial charge in [-0.15, -0.1) is 0 Å². The van der Waals surface area contributed by atoms with E-state index in [0.29, 0.717) is 32.6 Å². The molecule has 130 valence electrons. The number of carbonyl (C=O) groups is 2. The lowest BCUT2D eigenvalue weighted by Crippen LogP contribution is -2.56. The van der Waals surface area contributed by atoms with Gasteiger partial charge in [-0.3, -0.25) is 4.79 Å². The van der Waals surface area contributed by atoms with Crippen molar-refractivity contribution in [2.45, 2.75) is 31.3 Å². The van der Waals surface area contributed by atoms with Crippen LogP contribution in [0.3, 0.4) is 0 Å². The highest BCUT2D eigenvalue weighted by Gasteiger charge is 2.45. The van der Waals surface area contributed by atoms with Crippen LogP contribution in [0.2, 0.25) is 0 Å². The van der Waals surface area contributed by atoms with Gasteiger partial charge in [-0.1, -0.05) is 29.8 Å². The summed E-state index contributed by atoms with van der Waals surface area (Å²) in [6.07, 6.45) is 0.283. The Morgan fingerprint density at radius 1 is 1.17 bits per heavy atom. The molecule has 0 radical (unpaired) electrons. The molecule has 24 heavy (non-hydrogen) atoms. The number of rotatable bonds is 3. The number of aryl methyl sites for hydroxylation is 1. The van der Waals surface area contributed by atoms with Crippen molar-refractivity contribution in [1.29, 1.82) is 0 Å². The minimum absolute atomic E-state index is 0.01000. The van der Waals surface area contributed by atoms with E-state index in [9.17, 15) is 14.7 Å². The van der Waals surface area contributed by atoms with E-state index in [-0.39, 0.29) is 19.1 Å². The summed E-state index contributed by atoms with van der Waals surface area (Å²) in [6, 6.07) is 8.04. The summed E-state index contributed by atoms with van der Waals surface area (Å²) < 4.78 is 10.7. The monoisotopic (exact) mass is 333 g/mol. The number of carbonyl (C=O) groups excluding carboxylic acids is 1. The van der Waals surface area contributed by atoms with Crippen molar-refractivity contribution in [2.24, 2.45) is 0 Å². The average Bonchev–Trinajstić information content (AvgIpc) is 2.62. The minimum atomic E-state index is -1.02. The molecule has 1 N–H and O–H groups in total. The number of ether oxygens (including phenoxy) is 2. The van der Waals surface area contributed by atoms with E-state index in [1.54, 1.807) is 4.90 Å². The Labute approximate surface area is 141 Å². The molecule has 0 aromatic heterocycles. The molecule has 0 bridgehead atoms. The van der Waals surface area contributed by atoms with Crippen molar-refractivity contribution >= 4 is 11.9 Å². The van der Waals surface area contributed by atoms with E-state index in [4.69, 9.17) is 9.47 Å². The van der Waals surface area contributed by atoms with Gasteiger partial charge in [-0.25, -0.2) is 4.79 Å². The van der Waals surface area contributed by atoms with Crippen molar-refractivity contribution in [2.75, 3.05) is 32.9 Å². The second-order valence-corrected chi connectivity index (χ2v) is 6.51. The van der Waals surface area contributed by atoms with Crippen LogP contribution in [0, 0.1) is 6.92 Å². The fourth-order valence-electron chi connectivity index (χ4n) is 3.50. The predicted octanol–water partition coefficient (Wildman–Crippen LogP) is 1.36. The van der Waals surface area contributed by atoms with Crippen molar-refractivity contribution in [1.82, 2.24) is 4.90 Å². The first-order valence-corrected chi connectivity index (χ1v) is 8.32. The second kappa shape index (κ2) is 6.91. The lowest BCUT2D eigenvalue weighted by atomic mass is 9.72. The molecule has 1 atom stereocenters. The van der Waals surface area contributed by atoms with Gasteiger partial charge in [0.05, 0.1) is 18.6 Å². The van der Waals surface area contributed by atoms with Crippen LogP contribution >= 0.6 is 0 Å². The number of hydrogen-bond acceptors (Lipinski definition) is 4. The van der Waals surface area contributed by atoms with Gasteiger partial charge in [0, 0.05) is 19.8 Å². The standard InChI is InChI=1S/C18H23NO5/c1-13-2-4-14(5-3-13)18(6-9-23-10-7-18)17(22)19-8-11-24-15(12-19)16(20)21/h2-5,15H,6-12H2,1H3,(H,20,21)/t15-/m1/s1. The van der Waals surface area contributed by atoms with E-state index in [0.717, 1.165) is 11.1 Å². The van der Waals surface area contributed by atoms with Gasteiger partial charge >= 0.3 is 5.97 Å². The van der Waals surface area contributed by atoms with Crippen LogP contribution in [-0.2, 0) is 24.5 Å². The topological polar surface area (TPSA) is 76.1 Å². The molecular weight excluding hydrogens is 310 g/mol. The number of carboxylic acids is 1. The first kappa shape index (κ1) is 16.9. The van der Waals surface area contributed by atoms with Crippen LogP contribution < -0.4 is 0 Å². The van der Waals surface area contributed by atoms with Gasteiger partial charge < -0.3 is 19.5 Å². The van der Waals surface area contributed by atoms with Crippen molar-refractivity contribution in [3.8, 4) is 0 Å². The zero-order valence-corrected chi connectivity index (χ0v) is 13.9. The molecule has 0 aliphatic carbocycles. The third-order valence-electron chi connectivity index (χ3n) is 4.99. The van der Waals surface area contributed by atoms with Gasteiger partial charge in [0.15, 0.2) is 6.10 Å². The fraction of sp³-hybridized carbons (Fsp3) is 0.556. The number of nitrogens with zero attached hydrogens (tertiary/aromatic N) is 1. The summed E-state index contributed by atoms with van der Waals surface area (Å²) in [5.74, 6) is -1.03. The Morgan fingerprint density at radius 3 is 2.46 bits per heavy atom. The number of carboxylic acid groups (broad SMARTS) is 1. The maximum atomic E-state index is 13.4. The summed E-state index contributed by atoms with van der Waals surface area (Å²) in [7, 11) is 0. The molecule has 1 amide bonds. The van der Waals surface area contributed by atoms with Crippen molar-refractivity contribution in [3.63, 3.8) is 0 Å². The third kappa shape index (κ3) is 3.16. The predicted molar refractivity (Wildman–Crippen MR) is 86.9 cm³/mol. The maximum Gasteiger partial charge on any atom is 0.334 e. The molecule has 2 fully saturated rings. The van der Waals surface area contributed by atoms with Crippen LogP contribution in [0.15, 0.2) is 24.3 Å². The largest absolute Gasteiger partial charge is 0.479 e. The molecule has 1 aromatic carbocycles. The molecule has 1 aromatic rings. The third-order valence-corrected chi connectivity index (χ3v) is 4.99. The molecule has 0 unspecified atom stereocenters. The Kier molecular flexibility index (Phi) is 4.87. The zero-order valence-electron chi connectivity index (χ0n) is 13.9. The van der Waals surface area contributed by atoms with Crippen LogP contribution in [0.1, 0.15) is 24.0 Å². The molecule has 6 heteroatoms. The number of hydrogen-bond donors (Lipinski definition) is 1. The Morgan fingerprint density at radius 2 is 1.83 bits per heavy atom. The van der Waals surface area contributed by atoms with Gasteiger partial charge in [0.25, 0.3) is 0 Å². The highest BCUT2D eigenvalue weighted by Crippen LogP contribution is 2.37. The minimum Gasteiger partial charge on any atom is -0.479 e. The summed E-state index contributed by atoms with van der Waals surface area (Å²) in [5, 5.41) is 9.18. The number of benzene rings is 1. The van der Waals surface area contributed by atoms with Gasteiger partial charge in [0.1, 0.15) is 0 Å². The molecule has 0 saturated carbocycles. The van der Waals surface area contributed by atoms with Gasteiger partial charge in [-0.05, 0) is 25.3 Å². The first-order chi connectivity index (χ1) is 11.5. The Balaban J connectivity index is 1.89. The van der Waals surface area contributed by atoms with Crippen LogP contribution in [0.4, 0.5) is 0 Å². The molecule has 2 heterocycles. The SMILES string of the molecule is Cc1ccc(C2(C(=O)N3CCO[C@@H](C(=O)O)C3)CCOCC2)cc1. The van der Waals surface area contributed by atoms with Crippen LogP contribution in [-0.4, -0.2) is 60.9 Å². The lowest BCUT2D eigenvalue weighted by molar-refractivity contribution is -0.162. The van der Waals surface area contributed by atoms with E-state index in [2.05, 4.69) is 0 Å². The fourth-order valence-corrected chi connectivity index (χ4v) is 3.50. The van der Waals surface area contributed by atoms with E-state index in [1.165, 1.54) is 0 Å². The highest BCUT2D eigenvalue weighted by molar-refractivity contribution is 5.89. The zero-order chi connectivity index (χ0) is 17.2. The average molecular weight is 333 g/mol. The van der Waals surface area contributed by atoms with Crippen LogP contribution in [0.5, 0.6) is 0 Å². The molecule has 6 nitrogen and oxygen atoms in total. The van der Waals surface area contributed by atoms with Gasteiger partial charge in [-0.2, -0.15) is 0 Å². The van der Waals surface area contributed by atoms with E-state index in [1.807, 2.05) is 31.2 Å². The highest BCUT2D eigenvalue weighted by atomic mass is 16.5. The number of amides is 1. The molecule has 2 aliphatic rings. The first-order valence-electron chi connectivity index (χ1n) is 8.32. The molecule has 0 spiro atoms. The van der Waals surface area contributed by atoms with E-state index >= 15 is 0 Å². The molecule has 2 aliphatic heterocycles. The lowest BCUT2D eigenvalue weighted by Gasteiger charge is -2.42. The quantitative estimate of drug-likeness (QED) is 0.904.